The predicted octanol–water partition coefficient (Wildman–Crippen LogP) is 2.85. The molecule has 126 valence electrons. The van der Waals surface area contributed by atoms with E-state index < -0.39 is 20.2 Å². The molecule has 0 atom stereocenters. The Hall–Kier alpha value is -0.000000000000000222. The van der Waals surface area contributed by atoms with E-state index in [1.807, 2.05) is 12.1 Å². The van der Waals surface area contributed by atoms with Crippen LogP contribution in [0.4, 0.5) is 0 Å². The molecule has 0 aliphatic carbocycles. The molecule has 2 N–H and O–H groups in total. The predicted molar refractivity (Wildman–Crippen MR) is 91.3 cm³/mol. The summed E-state index contributed by atoms with van der Waals surface area (Å²) in [7, 11) is -7.92. The molecule has 0 bridgehead atoms. The molecular weight excluding hydrogens is 464 g/mol. The van der Waals surface area contributed by atoms with Crippen LogP contribution in [0.15, 0.2) is 21.1 Å². The van der Waals surface area contributed by atoms with E-state index in [4.69, 9.17) is 9.11 Å². The van der Waals surface area contributed by atoms with Crippen molar-refractivity contribution >= 4 is 52.1 Å². The molecule has 6 nitrogen and oxygen atoms in total. The highest BCUT2D eigenvalue weighted by Crippen LogP contribution is 2.28. The Morgan fingerprint density at radius 1 is 0.773 bits per heavy atom. The molecule has 0 radical (unpaired) electrons. The second-order valence-electron chi connectivity index (χ2n) is 4.81. The number of hydrogen-bond acceptors (Lipinski definition) is 4. The monoisotopic (exact) mass is 478 g/mol. The van der Waals surface area contributed by atoms with Crippen LogP contribution in [0.25, 0.3) is 0 Å². The maximum Gasteiger partial charge on any atom is 0.264 e. The smallest absolute Gasteiger partial charge is 0.264 e. The van der Waals surface area contributed by atoms with Gasteiger partial charge in [-0.1, -0.05) is 31.9 Å². The minimum Gasteiger partial charge on any atom is -0.286 e. The first-order valence-corrected chi connectivity index (χ1v) is 11.2. The van der Waals surface area contributed by atoms with Gasteiger partial charge in [0.1, 0.15) is 0 Å². The zero-order valence-corrected chi connectivity index (χ0v) is 16.3. The molecule has 1 rings (SSSR count). The Kier molecular flexibility index (Phi) is 7.47. The molecule has 0 aliphatic heterocycles. The van der Waals surface area contributed by atoms with Crippen molar-refractivity contribution in [2.45, 2.75) is 25.7 Å². The topological polar surface area (TPSA) is 109 Å². The first-order chi connectivity index (χ1) is 9.98. The lowest BCUT2D eigenvalue weighted by Gasteiger charge is -2.10. The molecule has 0 aliphatic rings. The Bertz CT molecular complexity index is 664. The van der Waals surface area contributed by atoms with Crippen molar-refractivity contribution in [1.82, 2.24) is 0 Å². The van der Waals surface area contributed by atoms with E-state index >= 15 is 0 Å². The summed E-state index contributed by atoms with van der Waals surface area (Å²) in [6, 6.07) is 3.66. The van der Waals surface area contributed by atoms with E-state index in [0.29, 0.717) is 25.7 Å². The number of halogens is 2. The Morgan fingerprint density at radius 2 is 1.09 bits per heavy atom. The van der Waals surface area contributed by atoms with Crippen molar-refractivity contribution < 1.29 is 25.9 Å². The maximum atomic E-state index is 10.7. The normalized spacial score (nSPS) is 12.5. The standard InChI is InChI=1S/C12H16Br2O6S2/c13-11-8-10(4-2-6-22(18,19)20)12(14)7-9(11)3-1-5-21(15,16)17/h7-8H,1-6H2,(H,15,16,17)(H,18,19,20). The average molecular weight is 480 g/mol. The van der Waals surface area contributed by atoms with Crippen molar-refractivity contribution in [2.75, 3.05) is 11.5 Å². The molecule has 1 aromatic carbocycles. The van der Waals surface area contributed by atoms with E-state index in [0.717, 1.165) is 20.1 Å². The minimum absolute atomic E-state index is 0.298. The van der Waals surface area contributed by atoms with Gasteiger partial charge >= 0.3 is 0 Å². The van der Waals surface area contributed by atoms with Gasteiger partial charge in [-0.3, -0.25) is 9.11 Å². The van der Waals surface area contributed by atoms with Gasteiger partial charge in [-0.25, -0.2) is 0 Å². The van der Waals surface area contributed by atoms with Crippen LogP contribution >= 0.6 is 31.9 Å². The van der Waals surface area contributed by atoms with Crippen molar-refractivity contribution in [3.05, 3.63) is 32.2 Å². The number of benzene rings is 1. The molecule has 0 saturated heterocycles. The minimum atomic E-state index is -3.96. The van der Waals surface area contributed by atoms with Crippen molar-refractivity contribution in [2.24, 2.45) is 0 Å². The summed E-state index contributed by atoms with van der Waals surface area (Å²) < 4.78 is 61.8. The van der Waals surface area contributed by atoms with Crippen molar-refractivity contribution in [3.63, 3.8) is 0 Å². The number of aryl methyl sites for hydroxylation is 2. The highest BCUT2D eigenvalue weighted by Gasteiger charge is 2.11. The molecule has 10 heteroatoms. The first-order valence-electron chi connectivity index (χ1n) is 6.35. The fourth-order valence-corrected chi connectivity index (χ4v) is 4.10. The molecule has 1 aromatic rings. The van der Waals surface area contributed by atoms with Gasteiger partial charge < -0.3 is 0 Å². The molecule has 0 saturated carbocycles. The fourth-order valence-electron chi connectivity index (χ4n) is 1.90. The van der Waals surface area contributed by atoms with Crippen LogP contribution in [0.3, 0.4) is 0 Å². The van der Waals surface area contributed by atoms with Gasteiger partial charge in [-0.15, -0.1) is 0 Å². The van der Waals surface area contributed by atoms with Crippen LogP contribution < -0.4 is 0 Å². The Morgan fingerprint density at radius 3 is 1.36 bits per heavy atom. The van der Waals surface area contributed by atoms with Crippen LogP contribution in [-0.4, -0.2) is 37.4 Å². The van der Waals surface area contributed by atoms with E-state index in [-0.39, 0.29) is 11.5 Å². The van der Waals surface area contributed by atoms with Gasteiger partial charge in [-0.2, -0.15) is 16.8 Å². The zero-order chi connectivity index (χ0) is 17.0. The number of hydrogen-bond donors (Lipinski definition) is 2. The SMILES string of the molecule is O=S(=O)(O)CCCc1cc(Br)c(CCCS(=O)(=O)O)cc1Br. The van der Waals surface area contributed by atoms with Crippen LogP contribution in [-0.2, 0) is 33.1 Å². The summed E-state index contributed by atoms with van der Waals surface area (Å²) in [5.74, 6) is -0.597. The first kappa shape index (κ1) is 20.0. The van der Waals surface area contributed by atoms with Gasteiger partial charge in [0.05, 0.1) is 11.5 Å². The molecule has 0 amide bonds. The molecular formula is C12H16Br2O6S2. The molecule has 0 spiro atoms. The zero-order valence-electron chi connectivity index (χ0n) is 11.5. The molecule has 0 heterocycles. The summed E-state index contributed by atoms with van der Waals surface area (Å²) in [5.41, 5.74) is 1.77. The average Bonchev–Trinajstić information content (AvgIpc) is 2.31. The third kappa shape index (κ3) is 8.02. The highest BCUT2D eigenvalue weighted by molar-refractivity contribution is 9.11. The van der Waals surface area contributed by atoms with Gasteiger partial charge in [0.15, 0.2) is 0 Å². The van der Waals surface area contributed by atoms with E-state index in [1.165, 1.54) is 0 Å². The van der Waals surface area contributed by atoms with Gasteiger partial charge in [0.25, 0.3) is 20.2 Å². The van der Waals surface area contributed by atoms with Crippen molar-refractivity contribution in [1.29, 1.82) is 0 Å². The van der Waals surface area contributed by atoms with Gasteiger partial charge in [0.2, 0.25) is 0 Å². The highest BCUT2D eigenvalue weighted by atomic mass is 79.9. The molecule has 22 heavy (non-hydrogen) atoms. The van der Waals surface area contributed by atoms with Crippen LogP contribution in [0.5, 0.6) is 0 Å². The van der Waals surface area contributed by atoms with Crippen LogP contribution in [0.2, 0.25) is 0 Å². The summed E-state index contributed by atoms with van der Waals surface area (Å²) in [4.78, 5) is 0. The van der Waals surface area contributed by atoms with E-state index in [2.05, 4.69) is 31.9 Å². The van der Waals surface area contributed by atoms with E-state index in [9.17, 15) is 16.8 Å². The maximum absolute atomic E-state index is 10.7. The molecule has 0 unspecified atom stereocenters. The molecule has 0 aromatic heterocycles. The lowest BCUT2D eigenvalue weighted by Crippen LogP contribution is -2.06. The van der Waals surface area contributed by atoms with Crippen molar-refractivity contribution in [3.8, 4) is 0 Å². The fraction of sp³-hybridized carbons (Fsp3) is 0.500. The van der Waals surface area contributed by atoms with Gasteiger partial charge in [0, 0.05) is 8.95 Å². The van der Waals surface area contributed by atoms with Crippen LogP contribution in [0.1, 0.15) is 24.0 Å². The van der Waals surface area contributed by atoms with Gasteiger partial charge in [-0.05, 0) is 48.9 Å². The summed E-state index contributed by atoms with van der Waals surface area (Å²) in [5, 5.41) is 0. The second kappa shape index (κ2) is 8.20. The summed E-state index contributed by atoms with van der Waals surface area (Å²) in [6.45, 7) is 0. The Balaban J connectivity index is 2.71. The quantitative estimate of drug-likeness (QED) is 0.555. The molecule has 0 fully saturated rings. The third-order valence-corrected chi connectivity index (χ3v) is 6.00. The largest absolute Gasteiger partial charge is 0.286 e. The van der Waals surface area contributed by atoms with E-state index in [1.54, 1.807) is 0 Å². The summed E-state index contributed by atoms with van der Waals surface area (Å²) >= 11 is 6.79. The second-order valence-corrected chi connectivity index (χ2v) is 9.67. The lowest BCUT2D eigenvalue weighted by molar-refractivity contribution is 0.478. The number of rotatable bonds is 8. The van der Waals surface area contributed by atoms with Crippen LogP contribution in [0, 0.1) is 0 Å². The Labute approximate surface area is 147 Å². The summed E-state index contributed by atoms with van der Waals surface area (Å²) in [6.07, 6.45) is 1.55. The lowest BCUT2D eigenvalue weighted by atomic mass is 10.1. The third-order valence-electron chi connectivity index (χ3n) is 2.91.